The first-order valence-corrected chi connectivity index (χ1v) is 10.2. The van der Waals surface area contributed by atoms with E-state index in [0.717, 1.165) is 11.1 Å². The van der Waals surface area contributed by atoms with E-state index < -0.39 is 5.92 Å². The van der Waals surface area contributed by atoms with Crippen molar-refractivity contribution in [2.75, 3.05) is 18.4 Å². The predicted molar refractivity (Wildman–Crippen MR) is 117 cm³/mol. The second kappa shape index (κ2) is 8.41. The highest BCUT2D eigenvalue weighted by Gasteiger charge is 2.32. The first-order chi connectivity index (χ1) is 14.6. The number of fused-ring (bicyclic) bond motifs is 2. The lowest BCUT2D eigenvalue weighted by molar-refractivity contribution is -0.116. The Morgan fingerprint density at radius 2 is 1.47 bits per heavy atom. The summed E-state index contributed by atoms with van der Waals surface area (Å²) >= 11 is 0. The zero-order valence-electron chi connectivity index (χ0n) is 17.1. The summed E-state index contributed by atoms with van der Waals surface area (Å²) in [5, 5.41) is 3.00. The molecular formula is C25H24N2O3. The third-order valence-electron chi connectivity index (χ3n) is 5.37. The molecule has 5 nitrogen and oxygen atoms in total. The van der Waals surface area contributed by atoms with E-state index in [-0.39, 0.29) is 11.8 Å². The van der Waals surface area contributed by atoms with Crippen LogP contribution in [0.2, 0.25) is 0 Å². The van der Waals surface area contributed by atoms with Gasteiger partial charge in [-0.05, 0) is 44.2 Å². The number of hydrogen-bond donors (Lipinski definition) is 1. The quantitative estimate of drug-likeness (QED) is 0.652. The summed E-state index contributed by atoms with van der Waals surface area (Å²) < 4.78 is 5.98. The number of carbonyl (C=O) groups is 2. The average molecular weight is 400 g/mol. The van der Waals surface area contributed by atoms with Crippen molar-refractivity contribution in [3.05, 3.63) is 89.5 Å². The maximum Gasteiger partial charge on any atom is 0.253 e. The van der Waals surface area contributed by atoms with Crippen molar-refractivity contribution >= 4 is 17.5 Å². The van der Waals surface area contributed by atoms with Crippen molar-refractivity contribution in [2.24, 2.45) is 0 Å². The van der Waals surface area contributed by atoms with E-state index in [2.05, 4.69) is 5.32 Å². The molecule has 0 fully saturated rings. The first-order valence-electron chi connectivity index (χ1n) is 10.2. The van der Waals surface area contributed by atoms with Gasteiger partial charge in [-0.3, -0.25) is 9.59 Å². The van der Waals surface area contributed by atoms with Crippen molar-refractivity contribution < 1.29 is 14.3 Å². The van der Waals surface area contributed by atoms with Crippen LogP contribution in [0, 0.1) is 0 Å². The number of amides is 2. The van der Waals surface area contributed by atoms with Crippen LogP contribution < -0.4 is 10.1 Å². The van der Waals surface area contributed by atoms with Gasteiger partial charge >= 0.3 is 0 Å². The lowest BCUT2D eigenvalue weighted by Crippen LogP contribution is -2.30. The molecule has 3 aromatic rings. The summed E-state index contributed by atoms with van der Waals surface area (Å²) in [6.07, 6.45) is 0. The minimum Gasteiger partial charge on any atom is -0.457 e. The van der Waals surface area contributed by atoms with E-state index in [4.69, 9.17) is 4.74 Å². The molecule has 3 aromatic carbocycles. The van der Waals surface area contributed by atoms with Crippen molar-refractivity contribution in [1.29, 1.82) is 0 Å². The summed E-state index contributed by atoms with van der Waals surface area (Å²) in [6, 6.07) is 22.3. The second-order valence-corrected chi connectivity index (χ2v) is 7.16. The van der Waals surface area contributed by atoms with E-state index in [1.165, 1.54) is 0 Å². The summed E-state index contributed by atoms with van der Waals surface area (Å²) in [5.74, 6) is 0.667. The molecule has 1 aliphatic rings. The maximum atomic E-state index is 13.4. The molecular weight excluding hydrogens is 376 g/mol. The zero-order chi connectivity index (χ0) is 21.1. The SMILES string of the molecule is CCN(CC)C(=O)c1cccc(NC(=O)C2c3ccccc3Oc3ccccc32)c1. The zero-order valence-corrected chi connectivity index (χ0v) is 17.1. The fraction of sp³-hybridized carbons (Fsp3) is 0.200. The van der Waals surface area contributed by atoms with Gasteiger partial charge in [0, 0.05) is 35.5 Å². The average Bonchev–Trinajstić information content (AvgIpc) is 2.78. The van der Waals surface area contributed by atoms with Crippen molar-refractivity contribution in [3.63, 3.8) is 0 Å². The van der Waals surface area contributed by atoms with Gasteiger partial charge in [0.1, 0.15) is 11.5 Å². The minimum atomic E-state index is -0.492. The van der Waals surface area contributed by atoms with Gasteiger partial charge < -0.3 is 15.0 Å². The predicted octanol–water partition coefficient (Wildman–Crippen LogP) is 5.04. The van der Waals surface area contributed by atoms with Crippen LogP contribution in [0.15, 0.2) is 72.8 Å². The van der Waals surface area contributed by atoms with E-state index in [0.29, 0.717) is 35.8 Å². The first kappa shape index (κ1) is 19.7. The highest BCUT2D eigenvalue weighted by Crippen LogP contribution is 2.44. The molecule has 0 aliphatic carbocycles. The summed E-state index contributed by atoms with van der Waals surface area (Å²) in [6.45, 7) is 5.18. The molecule has 0 bridgehead atoms. The maximum absolute atomic E-state index is 13.4. The molecule has 1 aliphatic heterocycles. The Hall–Kier alpha value is -3.60. The Kier molecular flexibility index (Phi) is 5.53. The van der Waals surface area contributed by atoms with Crippen LogP contribution in [0.4, 0.5) is 5.69 Å². The molecule has 2 amide bonds. The van der Waals surface area contributed by atoms with Gasteiger partial charge in [-0.2, -0.15) is 0 Å². The molecule has 0 atom stereocenters. The number of ether oxygens (including phenoxy) is 1. The number of anilines is 1. The highest BCUT2D eigenvalue weighted by molar-refractivity contribution is 6.01. The second-order valence-electron chi connectivity index (χ2n) is 7.16. The molecule has 5 heteroatoms. The molecule has 30 heavy (non-hydrogen) atoms. The van der Waals surface area contributed by atoms with Crippen LogP contribution in [0.3, 0.4) is 0 Å². The largest absolute Gasteiger partial charge is 0.457 e. The van der Waals surface area contributed by atoms with Gasteiger partial charge in [0.25, 0.3) is 5.91 Å². The van der Waals surface area contributed by atoms with Gasteiger partial charge in [0.05, 0.1) is 5.92 Å². The third-order valence-corrected chi connectivity index (χ3v) is 5.37. The topological polar surface area (TPSA) is 58.6 Å². The number of para-hydroxylation sites is 2. The number of nitrogens with zero attached hydrogens (tertiary/aromatic N) is 1. The van der Waals surface area contributed by atoms with E-state index in [1.54, 1.807) is 29.2 Å². The number of hydrogen-bond acceptors (Lipinski definition) is 3. The van der Waals surface area contributed by atoms with Gasteiger partial charge in [-0.25, -0.2) is 0 Å². The monoisotopic (exact) mass is 400 g/mol. The number of carbonyl (C=O) groups excluding carboxylic acids is 2. The van der Waals surface area contributed by atoms with Gasteiger partial charge in [-0.15, -0.1) is 0 Å². The Bertz CT molecular complexity index is 1040. The van der Waals surface area contributed by atoms with Gasteiger partial charge in [-0.1, -0.05) is 42.5 Å². The lowest BCUT2D eigenvalue weighted by atomic mass is 9.87. The highest BCUT2D eigenvalue weighted by atomic mass is 16.5. The van der Waals surface area contributed by atoms with E-state index >= 15 is 0 Å². The number of rotatable bonds is 5. The fourth-order valence-corrected chi connectivity index (χ4v) is 3.83. The van der Waals surface area contributed by atoms with Gasteiger partial charge in [0.15, 0.2) is 0 Å². The smallest absolute Gasteiger partial charge is 0.253 e. The van der Waals surface area contributed by atoms with E-state index in [1.807, 2.05) is 62.4 Å². The normalized spacial score (nSPS) is 12.3. The molecule has 0 aromatic heterocycles. The summed E-state index contributed by atoms with van der Waals surface area (Å²) in [5.41, 5.74) is 2.80. The van der Waals surface area contributed by atoms with Crippen molar-refractivity contribution in [1.82, 2.24) is 4.90 Å². The standard InChI is InChI=1S/C25H24N2O3/c1-3-27(4-2)25(29)17-10-9-11-18(16-17)26-24(28)23-19-12-5-7-14-21(19)30-22-15-8-6-13-20(22)23/h5-16,23H,3-4H2,1-2H3,(H,26,28). The van der Waals surface area contributed by atoms with Crippen LogP contribution in [-0.4, -0.2) is 29.8 Å². The molecule has 0 radical (unpaired) electrons. The molecule has 152 valence electrons. The van der Waals surface area contributed by atoms with Crippen molar-refractivity contribution in [3.8, 4) is 11.5 Å². The Morgan fingerprint density at radius 3 is 2.07 bits per heavy atom. The van der Waals surface area contributed by atoms with Crippen LogP contribution >= 0.6 is 0 Å². The fourth-order valence-electron chi connectivity index (χ4n) is 3.83. The third kappa shape index (κ3) is 3.66. The molecule has 0 saturated heterocycles. The van der Waals surface area contributed by atoms with Gasteiger partial charge in [0.2, 0.25) is 5.91 Å². The van der Waals surface area contributed by atoms with Crippen LogP contribution in [0.25, 0.3) is 0 Å². The molecule has 0 spiro atoms. The molecule has 0 unspecified atom stereocenters. The lowest BCUT2D eigenvalue weighted by Gasteiger charge is -2.27. The van der Waals surface area contributed by atoms with Crippen LogP contribution in [0.1, 0.15) is 41.3 Å². The minimum absolute atomic E-state index is 0.0437. The van der Waals surface area contributed by atoms with Crippen LogP contribution in [0.5, 0.6) is 11.5 Å². The summed E-state index contributed by atoms with van der Waals surface area (Å²) in [7, 11) is 0. The Morgan fingerprint density at radius 1 is 0.867 bits per heavy atom. The van der Waals surface area contributed by atoms with E-state index in [9.17, 15) is 9.59 Å². The van der Waals surface area contributed by atoms with Crippen molar-refractivity contribution in [2.45, 2.75) is 19.8 Å². The Labute approximate surface area is 176 Å². The van der Waals surface area contributed by atoms with Crippen LogP contribution in [-0.2, 0) is 4.79 Å². The number of nitrogens with one attached hydrogen (secondary N) is 1. The molecule has 4 rings (SSSR count). The summed E-state index contributed by atoms with van der Waals surface area (Å²) in [4.78, 5) is 27.8. The molecule has 1 N–H and O–H groups in total. The molecule has 0 saturated carbocycles. The molecule has 1 heterocycles. The Balaban J connectivity index is 1.64. The number of benzene rings is 3.